The zero-order valence-corrected chi connectivity index (χ0v) is 6.66. The first-order valence-corrected chi connectivity index (χ1v) is 4.06. The lowest BCUT2D eigenvalue weighted by Crippen LogP contribution is -2.28. The minimum Gasteiger partial charge on any atom is -0.387 e. The first-order chi connectivity index (χ1) is 5.24. The predicted molar refractivity (Wildman–Crippen MR) is 45.0 cm³/mol. The first kappa shape index (κ1) is 8.71. The van der Waals surface area contributed by atoms with Crippen LogP contribution in [0.2, 0.25) is 0 Å². The molecule has 0 amide bonds. The molecule has 3 nitrogen and oxygen atoms in total. The molecule has 64 valence electrons. The highest BCUT2D eigenvalue weighted by Crippen LogP contribution is 2.19. The lowest BCUT2D eigenvalue weighted by molar-refractivity contribution is 0.211. The van der Waals surface area contributed by atoms with Crippen LogP contribution in [-0.2, 0) is 0 Å². The largest absolute Gasteiger partial charge is 0.387 e. The Bertz CT molecular complexity index is 156. The second-order valence-corrected chi connectivity index (χ2v) is 3.06. The minimum absolute atomic E-state index is 0.281. The highest BCUT2D eigenvalue weighted by molar-refractivity contribution is 5.12. The van der Waals surface area contributed by atoms with Crippen molar-refractivity contribution >= 4 is 0 Å². The minimum atomic E-state index is -0.442. The summed E-state index contributed by atoms with van der Waals surface area (Å²) in [4.78, 5) is 0. The highest BCUT2D eigenvalue weighted by Gasteiger charge is 2.14. The van der Waals surface area contributed by atoms with Gasteiger partial charge in [-0.25, -0.2) is 0 Å². The van der Waals surface area contributed by atoms with Crippen molar-refractivity contribution in [2.45, 2.75) is 31.4 Å². The molecule has 1 rings (SSSR count). The lowest BCUT2D eigenvalue weighted by atomic mass is 9.92. The lowest BCUT2D eigenvalue weighted by Gasteiger charge is -2.21. The maximum Gasteiger partial charge on any atom is 0.0872 e. The number of aliphatic hydroxyl groups is 1. The van der Waals surface area contributed by atoms with Crippen LogP contribution in [0.4, 0.5) is 0 Å². The van der Waals surface area contributed by atoms with E-state index in [1.807, 2.05) is 6.08 Å². The van der Waals surface area contributed by atoms with Gasteiger partial charge in [0.1, 0.15) is 0 Å². The third-order valence-electron chi connectivity index (χ3n) is 2.14. The first-order valence-electron chi connectivity index (χ1n) is 4.06. The quantitative estimate of drug-likeness (QED) is 0.482. The van der Waals surface area contributed by atoms with Crippen LogP contribution in [0.1, 0.15) is 19.3 Å². The molecule has 0 bridgehead atoms. The van der Waals surface area contributed by atoms with Crippen LogP contribution in [0.3, 0.4) is 0 Å². The van der Waals surface area contributed by atoms with Gasteiger partial charge in [-0.2, -0.15) is 0 Å². The third-order valence-corrected chi connectivity index (χ3v) is 2.14. The van der Waals surface area contributed by atoms with E-state index >= 15 is 0 Å². The van der Waals surface area contributed by atoms with Gasteiger partial charge in [0.25, 0.3) is 0 Å². The van der Waals surface area contributed by atoms with Gasteiger partial charge in [-0.15, -0.1) is 0 Å². The van der Waals surface area contributed by atoms with E-state index in [-0.39, 0.29) is 6.04 Å². The number of rotatable bonds is 2. The Labute approximate surface area is 67.1 Å². The van der Waals surface area contributed by atoms with Crippen molar-refractivity contribution in [3.05, 3.63) is 11.6 Å². The van der Waals surface area contributed by atoms with Crippen LogP contribution in [0.5, 0.6) is 0 Å². The van der Waals surface area contributed by atoms with Gasteiger partial charge in [0.15, 0.2) is 0 Å². The molecular formula is C8H16N2O. The van der Waals surface area contributed by atoms with Crippen LogP contribution in [0.15, 0.2) is 11.6 Å². The summed E-state index contributed by atoms with van der Waals surface area (Å²) in [5, 5.41) is 9.33. The molecule has 2 unspecified atom stereocenters. The van der Waals surface area contributed by atoms with Crippen LogP contribution in [-0.4, -0.2) is 23.8 Å². The van der Waals surface area contributed by atoms with Gasteiger partial charge < -0.3 is 16.6 Å². The fourth-order valence-corrected chi connectivity index (χ4v) is 1.33. The van der Waals surface area contributed by atoms with Gasteiger partial charge in [0.2, 0.25) is 0 Å². The smallest absolute Gasteiger partial charge is 0.0872 e. The molecule has 0 radical (unpaired) electrons. The predicted octanol–water partition coefficient (Wildman–Crippen LogP) is -0.256. The molecule has 0 aromatic carbocycles. The van der Waals surface area contributed by atoms with E-state index in [0.717, 1.165) is 24.8 Å². The maximum atomic E-state index is 9.33. The number of hydrogen-bond acceptors (Lipinski definition) is 3. The molecule has 2 atom stereocenters. The Hall–Kier alpha value is -0.380. The molecule has 1 aliphatic carbocycles. The molecule has 11 heavy (non-hydrogen) atoms. The van der Waals surface area contributed by atoms with Crippen LogP contribution < -0.4 is 11.5 Å². The molecule has 5 N–H and O–H groups in total. The van der Waals surface area contributed by atoms with Crippen LogP contribution in [0.25, 0.3) is 0 Å². The average Bonchev–Trinajstić information content (AvgIpc) is 2.05. The molecule has 0 heterocycles. The normalized spacial score (nSPS) is 27.9. The van der Waals surface area contributed by atoms with Gasteiger partial charge in [0, 0.05) is 12.6 Å². The van der Waals surface area contributed by atoms with Crippen molar-refractivity contribution < 1.29 is 5.11 Å². The van der Waals surface area contributed by atoms with Gasteiger partial charge in [-0.1, -0.05) is 6.08 Å². The number of nitrogens with two attached hydrogens (primary N) is 2. The summed E-state index contributed by atoms with van der Waals surface area (Å²) in [6.45, 7) is 0.321. The van der Waals surface area contributed by atoms with E-state index in [0.29, 0.717) is 6.54 Å². The van der Waals surface area contributed by atoms with E-state index in [2.05, 4.69) is 0 Å². The molecule has 0 aromatic heterocycles. The van der Waals surface area contributed by atoms with Crippen LogP contribution in [0, 0.1) is 0 Å². The fraction of sp³-hybridized carbons (Fsp3) is 0.750. The van der Waals surface area contributed by atoms with Gasteiger partial charge in [-0.05, 0) is 24.8 Å². The second-order valence-electron chi connectivity index (χ2n) is 3.06. The monoisotopic (exact) mass is 156 g/mol. The standard InChI is InChI=1S/C8H16N2O/c9-5-8(11)6-1-3-7(10)4-2-6/h1,7-8,11H,2-5,9-10H2. The van der Waals surface area contributed by atoms with Gasteiger partial charge in [-0.3, -0.25) is 0 Å². The second kappa shape index (κ2) is 3.85. The zero-order valence-electron chi connectivity index (χ0n) is 6.66. The summed E-state index contributed by atoms with van der Waals surface area (Å²) >= 11 is 0. The van der Waals surface area contributed by atoms with Gasteiger partial charge in [0.05, 0.1) is 6.10 Å². The Morgan fingerprint density at radius 2 is 2.45 bits per heavy atom. The molecule has 0 aromatic rings. The summed E-state index contributed by atoms with van der Waals surface area (Å²) in [5.74, 6) is 0. The molecule has 0 saturated carbocycles. The SMILES string of the molecule is NCC(O)C1=CCC(N)CC1. The van der Waals surface area contributed by atoms with Gasteiger partial charge >= 0.3 is 0 Å². The molecule has 0 saturated heterocycles. The van der Waals surface area contributed by atoms with Crippen molar-refractivity contribution in [2.24, 2.45) is 11.5 Å². The molecule has 0 fully saturated rings. The maximum absolute atomic E-state index is 9.33. The van der Waals surface area contributed by atoms with Crippen molar-refractivity contribution in [2.75, 3.05) is 6.54 Å². The summed E-state index contributed by atoms with van der Waals surface area (Å²) in [6.07, 6.45) is 4.34. The summed E-state index contributed by atoms with van der Waals surface area (Å²) in [6, 6.07) is 0.281. The number of aliphatic hydroxyl groups excluding tert-OH is 1. The van der Waals surface area contributed by atoms with E-state index in [9.17, 15) is 5.11 Å². The topological polar surface area (TPSA) is 72.3 Å². The fourth-order valence-electron chi connectivity index (χ4n) is 1.33. The molecule has 0 spiro atoms. The molecule has 1 aliphatic rings. The molecule has 3 heteroatoms. The Kier molecular flexibility index (Phi) is 3.05. The Morgan fingerprint density at radius 3 is 2.91 bits per heavy atom. The van der Waals surface area contributed by atoms with E-state index in [1.54, 1.807) is 0 Å². The molecular weight excluding hydrogens is 140 g/mol. The van der Waals surface area contributed by atoms with Crippen LogP contribution >= 0.6 is 0 Å². The highest BCUT2D eigenvalue weighted by atomic mass is 16.3. The Balaban J connectivity index is 2.47. The Morgan fingerprint density at radius 1 is 1.73 bits per heavy atom. The van der Waals surface area contributed by atoms with E-state index < -0.39 is 6.10 Å². The van der Waals surface area contributed by atoms with Crippen molar-refractivity contribution in [1.82, 2.24) is 0 Å². The summed E-state index contributed by atoms with van der Waals surface area (Å²) in [7, 11) is 0. The van der Waals surface area contributed by atoms with E-state index in [1.165, 1.54) is 0 Å². The summed E-state index contributed by atoms with van der Waals surface area (Å²) < 4.78 is 0. The third kappa shape index (κ3) is 2.29. The van der Waals surface area contributed by atoms with Crippen molar-refractivity contribution in [3.63, 3.8) is 0 Å². The summed E-state index contributed by atoms with van der Waals surface area (Å²) in [5.41, 5.74) is 12.1. The van der Waals surface area contributed by atoms with E-state index in [4.69, 9.17) is 11.5 Å². The number of hydrogen-bond donors (Lipinski definition) is 3. The van der Waals surface area contributed by atoms with Crippen molar-refractivity contribution in [3.8, 4) is 0 Å². The van der Waals surface area contributed by atoms with Crippen molar-refractivity contribution in [1.29, 1.82) is 0 Å². The average molecular weight is 156 g/mol. The molecule has 0 aliphatic heterocycles. The zero-order chi connectivity index (χ0) is 8.27.